The number of urea groups is 1. The van der Waals surface area contributed by atoms with Gasteiger partial charge in [-0.3, -0.25) is 4.98 Å². The number of aromatic nitrogens is 1. The highest BCUT2D eigenvalue weighted by atomic mass is 127. The van der Waals surface area contributed by atoms with Gasteiger partial charge >= 0.3 is 18.6 Å². The van der Waals surface area contributed by atoms with Gasteiger partial charge in [0, 0.05) is 23.1 Å². The predicted molar refractivity (Wildman–Crippen MR) is 153 cm³/mol. The van der Waals surface area contributed by atoms with Crippen molar-refractivity contribution in [2.45, 2.75) is 47.8 Å². The number of nitrogens with zero attached hydrogens (tertiary/aromatic N) is 2. The fourth-order valence-corrected chi connectivity index (χ4v) is 5.23. The number of rotatable bonds is 10. The number of benzene rings is 2. The molecular formula is C29H31F4IN4O2. The molecular weight excluding hydrogens is 639 g/mol. The first kappa shape index (κ1) is 30.0. The maximum absolute atomic E-state index is 13.8. The first-order valence-corrected chi connectivity index (χ1v) is 14.4. The van der Waals surface area contributed by atoms with E-state index in [0.717, 1.165) is 37.1 Å². The summed E-state index contributed by atoms with van der Waals surface area (Å²) < 4.78 is 58.7. The number of alkyl halides is 5. The number of ether oxygens (including phenoxy) is 1. The van der Waals surface area contributed by atoms with Gasteiger partial charge in [0.25, 0.3) is 0 Å². The van der Waals surface area contributed by atoms with E-state index in [4.69, 9.17) is 0 Å². The van der Waals surface area contributed by atoms with Crippen LogP contribution in [0.25, 0.3) is 0 Å². The van der Waals surface area contributed by atoms with E-state index >= 15 is 0 Å². The maximum atomic E-state index is 13.8. The van der Waals surface area contributed by atoms with Crippen molar-refractivity contribution in [3.8, 4) is 5.75 Å². The Labute approximate surface area is 244 Å². The van der Waals surface area contributed by atoms with Crippen LogP contribution < -0.4 is 15.4 Å². The van der Waals surface area contributed by atoms with Crippen LogP contribution in [0.15, 0.2) is 72.9 Å². The van der Waals surface area contributed by atoms with Gasteiger partial charge in [0.1, 0.15) is 11.3 Å². The molecule has 6 nitrogen and oxygen atoms in total. The molecule has 214 valence electrons. The zero-order valence-corrected chi connectivity index (χ0v) is 24.1. The molecule has 0 unspecified atom stereocenters. The van der Waals surface area contributed by atoms with E-state index in [9.17, 15) is 22.4 Å². The van der Waals surface area contributed by atoms with Crippen molar-refractivity contribution in [1.82, 2.24) is 20.5 Å². The first-order valence-electron chi connectivity index (χ1n) is 12.9. The number of hydrogen-bond donors (Lipinski definition) is 2. The molecule has 1 aromatic heterocycles. The average molecular weight is 670 g/mol. The number of pyridine rings is 1. The largest absolute Gasteiger partial charge is 0.461 e. The quantitative estimate of drug-likeness (QED) is 0.155. The van der Waals surface area contributed by atoms with Gasteiger partial charge in [-0.1, -0.05) is 71.1 Å². The maximum Gasteiger partial charge on any atom is 0.461 e. The summed E-state index contributed by atoms with van der Waals surface area (Å²) in [5, 5.41) is 6.16. The van der Waals surface area contributed by atoms with Crippen molar-refractivity contribution in [3.05, 3.63) is 95.3 Å². The van der Waals surface area contributed by atoms with E-state index in [2.05, 4.69) is 47.8 Å². The van der Waals surface area contributed by atoms with Gasteiger partial charge in [-0.25, -0.2) is 4.79 Å². The second-order valence-electron chi connectivity index (χ2n) is 9.92. The normalized spacial score (nSPS) is 16.4. The highest BCUT2D eigenvalue weighted by molar-refractivity contribution is 14.1. The summed E-state index contributed by atoms with van der Waals surface area (Å²) in [6.45, 7) is 1.69. The van der Waals surface area contributed by atoms with Crippen molar-refractivity contribution in [3.63, 3.8) is 0 Å². The Morgan fingerprint density at radius 3 is 2.42 bits per heavy atom. The molecule has 2 aromatic carbocycles. The van der Waals surface area contributed by atoms with Gasteiger partial charge < -0.3 is 20.3 Å². The fourth-order valence-electron chi connectivity index (χ4n) is 4.77. The fraction of sp³-hybridized carbons (Fsp3) is 0.379. The van der Waals surface area contributed by atoms with Crippen LogP contribution in [-0.2, 0) is 16.4 Å². The number of likely N-dealkylation sites (tertiary alicyclic amines) is 1. The van der Waals surface area contributed by atoms with Crippen molar-refractivity contribution in [2.75, 3.05) is 20.1 Å². The van der Waals surface area contributed by atoms with Crippen molar-refractivity contribution in [1.29, 1.82) is 0 Å². The van der Waals surface area contributed by atoms with Crippen molar-refractivity contribution < 1.29 is 27.1 Å². The molecule has 1 fully saturated rings. The lowest BCUT2D eigenvalue weighted by Crippen LogP contribution is -2.55. The Morgan fingerprint density at radius 1 is 1.07 bits per heavy atom. The Hall–Kier alpha value is -2.93. The summed E-state index contributed by atoms with van der Waals surface area (Å²) in [5.74, 6) is -0.457. The third-order valence-electron chi connectivity index (χ3n) is 6.94. The van der Waals surface area contributed by atoms with Crippen LogP contribution in [0.3, 0.4) is 0 Å². The van der Waals surface area contributed by atoms with Crippen LogP contribution in [-0.4, -0.2) is 54.6 Å². The lowest BCUT2D eigenvalue weighted by atomic mass is 9.80. The van der Waals surface area contributed by atoms with Gasteiger partial charge in [0.15, 0.2) is 0 Å². The predicted octanol–water partition coefficient (Wildman–Crippen LogP) is 6.13. The van der Waals surface area contributed by atoms with Crippen LogP contribution in [0.4, 0.5) is 22.4 Å². The lowest BCUT2D eigenvalue weighted by molar-refractivity contribution is -0.253. The molecule has 1 atom stereocenters. The summed E-state index contributed by atoms with van der Waals surface area (Å²) in [7, 11) is 2.03. The van der Waals surface area contributed by atoms with Crippen molar-refractivity contribution in [2.24, 2.45) is 0 Å². The van der Waals surface area contributed by atoms with E-state index in [-0.39, 0.29) is 12.5 Å². The third kappa shape index (κ3) is 7.42. The van der Waals surface area contributed by atoms with E-state index < -0.39 is 29.9 Å². The van der Waals surface area contributed by atoms with E-state index in [1.807, 2.05) is 43.4 Å². The molecule has 0 spiro atoms. The van der Waals surface area contributed by atoms with Gasteiger partial charge in [-0.2, -0.15) is 17.6 Å². The highest BCUT2D eigenvalue weighted by Crippen LogP contribution is 2.36. The molecule has 40 heavy (non-hydrogen) atoms. The van der Waals surface area contributed by atoms with Crippen molar-refractivity contribution >= 4 is 28.6 Å². The average Bonchev–Trinajstić information content (AvgIpc) is 2.94. The van der Waals surface area contributed by atoms with Gasteiger partial charge in [0.2, 0.25) is 0 Å². The third-order valence-corrected chi connectivity index (χ3v) is 7.82. The number of carbonyl (C=O) groups excluding carboxylic acids is 1. The summed E-state index contributed by atoms with van der Waals surface area (Å²) in [6, 6.07) is 18.0. The van der Waals surface area contributed by atoms with Gasteiger partial charge in [-0.15, -0.1) is 0 Å². The highest BCUT2D eigenvalue weighted by Gasteiger charge is 2.45. The second kappa shape index (κ2) is 13.2. The number of hydrogen-bond acceptors (Lipinski definition) is 4. The summed E-state index contributed by atoms with van der Waals surface area (Å²) in [5.41, 5.74) is 1.27. The molecule has 1 aliphatic heterocycles. The minimum absolute atomic E-state index is 0.0422. The number of halogens is 5. The minimum atomic E-state index is -4.68. The first-order chi connectivity index (χ1) is 19.1. The van der Waals surface area contributed by atoms with Crippen LogP contribution in [0.5, 0.6) is 5.75 Å². The standard InChI is InChI=1S/C29H31F4IN4O2/c1-38-14-12-23(13-15-38)36-27(39)37-28(17-20-6-3-2-4-7-20,25-11-10-21(18-34)19-35-25)22-8-5-9-24(16-22)40-29(32,33)26(30)31/h2-11,16,19,23,26H,12-15,17-18H2,1H3,(H2,36,37,39)/t28-/m0/s1. The Balaban J connectivity index is 1.79. The SMILES string of the molecule is CN1CCC(NC(=O)N[C@@](Cc2ccccc2)(c2cccc(OC(F)(F)C(F)F)c2)c2ccc(CI)cn2)CC1. The Kier molecular flexibility index (Phi) is 9.88. The molecule has 0 aliphatic carbocycles. The molecule has 1 saturated heterocycles. The Bertz CT molecular complexity index is 1260. The number of piperidine rings is 1. The van der Waals surface area contributed by atoms with E-state index in [0.29, 0.717) is 15.7 Å². The smallest absolute Gasteiger partial charge is 0.428 e. The molecule has 2 amide bonds. The zero-order valence-electron chi connectivity index (χ0n) is 21.9. The molecule has 2 heterocycles. The lowest BCUT2D eigenvalue weighted by Gasteiger charge is -2.37. The number of amides is 2. The van der Waals surface area contributed by atoms with Gasteiger partial charge in [-0.05, 0) is 67.9 Å². The molecule has 4 rings (SSSR count). The van der Waals surface area contributed by atoms with Crippen LogP contribution in [0.2, 0.25) is 0 Å². The monoisotopic (exact) mass is 670 g/mol. The summed E-state index contributed by atoms with van der Waals surface area (Å²) in [4.78, 5) is 20.4. The topological polar surface area (TPSA) is 66.5 Å². The molecule has 0 saturated carbocycles. The van der Waals surface area contributed by atoms with Crippen LogP contribution >= 0.6 is 22.6 Å². The zero-order chi connectivity index (χ0) is 28.8. The molecule has 3 aromatic rings. The van der Waals surface area contributed by atoms with E-state index in [1.54, 1.807) is 18.3 Å². The Morgan fingerprint density at radius 2 is 1.80 bits per heavy atom. The van der Waals surface area contributed by atoms with Crippen LogP contribution in [0.1, 0.15) is 35.2 Å². The summed E-state index contributed by atoms with van der Waals surface area (Å²) in [6.07, 6.45) is -5.22. The molecule has 1 aliphatic rings. The minimum Gasteiger partial charge on any atom is -0.428 e. The number of nitrogens with one attached hydrogen (secondary N) is 2. The van der Waals surface area contributed by atoms with Crippen LogP contribution in [0, 0.1) is 0 Å². The molecule has 11 heteroatoms. The second-order valence-corrected chi connectivity index (χ2v) is 10.7. The molecule has 2 N–H and O–H groups in total. The number of carbonyl (C=O) groups is 1. The molecule has 0 bridgehead atoms. The molecule has 0 radical (unpaired) electrons. The van der Waals surface area contributed by atoms with Gasteiger partial charge in [0.05, 0.1) is 5.69 Å². The van der Waals surface area contributed by atoms with E-state index in [1.165, 1.54) is 18.2 Å². The summed E-state index contributed by atoms with van der Waals surface area (Å²) >= 11 is 2.22.